The van der Waals surface area contributed by atoms with E-state index in [0.717, 1.165) is 5.56 Å². The minimum Gasteiger partial charge on any atom is -0.467 e. The molecule has 1 aromatic carbocycles. The monoisotopic (exact) mass is 300 g/mol. The number of nitriles is 1. The molecule has 1 aliphatic heterocycles. The lowest BCUT2D eigenvalue weighted by atomic mass is 10.1. The second-order valence-electron chi connectivity index (χ2n) is 4.79. The lowest BCUT2D eigenvalue weighted by Gasteiger charge is -2.21. The highest BCUT2D eigenvalue weighted by Gasteiger charge is 2.26. The standard InChI is InChI=1S/C15H13ClN4O/c16-14-8-18-12-9-20(7-6-17)10-13(21-15(12)19-14)11-4-2-1-3-5-11/h1-5,8,13H,7,9-10H2. The van der Waals surface area contributed by atoms with Gasteiger partial charge in [0.05, 0.1) is 18.8 Å². The highest BCUT2D eigenvalue weighted by Crippen LogP contribution is 2.29. The zero-order valence-corrected chi connectivity index (χ0v) is 12.0. The third-order valence-corrected chi connectivity index (χ3v) is 3.48. The zero-order chi connectivity index (χ0) is 14.7. The van der Waals surface area contributed by atoms with Gasteiger partial charge in [-0.05, 0) is 5.56 Å². The number of hydrogen-bond acceptors (Lipinski definition) is 5. The number of aromatic nitrogens is 2. The average molecular weight is 301 g/mol. The van der Waals surface area contributed by atoms with Gasteiger partial charge >= 0.3 is 0 Å². The number of halogens is 1. The highest BCUT2D eigenvalue weighted by atomic mass is 35.5. The van der Waals surface area contributed by atoms with Gasteiger partial charge in [0.2, 0.25) is 5.88 Å². The van der Waals surface area contributed by atoms with Crippen molar-refractivity contribution in [3.05, 3.63) is 52.9 Å². The molecule has 0 fully saturated rings. The number of hydrogen-bond donors (Lipinski definition) is 0. The molecule has 0 saturated carbocycles. The second kappa shape index (κ2) is 6.08. The molecule has 0 aliphatic carbocycles. The maximum Gasteiger partial charge on any atom is 0.239 e. The van der Waals surface area contributed by atoms with E-state index in [4.69, 9.17) is 21.6 Å². The van der Waals surface area contributed by atoms with Crippen LogP contribution in [0.15, 0.2) is 36.5 Å². The van der Waals surface area contributed by atoms with Crippen LogP contribution in [0.25, 0.3) is 0 Å². The van der Waals surface area contributed by atoms with Crippen LogP contribution in [0.3, 0.4) is 0 Å². The molecular formula is C15H13ClN4O. The number of benzene rings is 1. The van der Waals surface area contributed by atoms with Crippen molar-refractivity contribution < 1.29 is 4.74 Å². The topological polar surface area (TPSA) is 62.0 Å². The molecule has 5 nitrogen and oxygen atoms in total. The van der Waals surface area contributed by atoms with Gasteiger partial charge in [-0.15, -0.1) is 0 Å². The number of rotatable bonds is 2. The Hall–Kier alpha value is -2.16. The number of fused-ring (bicyclic) bond motifs is 1. The molecule has 1 aromatic heterocycles. The van der Waals surface area contributed by atoms with Crippen LogP contribution in [0.5, 0.6) is 5.88 Å². The van der Waals surface area contributed by atoms with Crippen molar-refractivity contribution in [2.24, 2.45) is 0 Å². The summed E-state index contributed by atoms with van der Waals surface area (Å²) in [6.07, 6.45) is 1.30. The molecular weight excluding hydrogens is 288 g/mol. The summed E-state index contributed by atoms with van der Waals surface area (Å²) >= 11 is 5.90. The highest BCUT2D eigenvalue weighted by molar-refractivity contribution is 6.29. The summed E-state index contributed by atoms with van der Waals surface area (Å²) in [4.78, 5) is 10.5. The molecule has 2 aromatic rings. The van der Waals surface area contributed by atoms with Crippen LogP contribution in [-0.2, 0) is 6.54 Å². The van der Waals surface area contributed by atoms with Gasteiger partial charge in [0.15, 0.2) is 5.15 Å². The fraction of sp³-hybridized carbons (Fsp3) is 0.267. The lowest BCUT2D eigenvalue weighted by Crippen LogP contribution is -2.28. The van der Waals surface area contributed by atoms with E-state index >= 15 is 0 Å². The zero-order valence-electron chi connectivity index (χ0n) is 11.2. The van der Waals surface area contributed by atoms with Gasteiger partial charge in [-0.2, -0.15) is 10.2 Å². The molecule has 0 radical (unpaired) electrons. The van der Waals surface area contributed by atoms with Crippen LogP contribution in [0.2, 0.25) is 5.15 Å². The van der Waals surface area contributed by atoms with Gasteiger partial charge in [0.25, 0.3) is 0 Å². The van der Waals surface area contributed by atoms with Crippen molar-refractivity contribution >= 4 is 11.6 Å². The van der Waals surface area contributed by atoms with E-state index in [1.54, 1.807) is 0 Å². The van der Waals surface area contributed by atoms with Crippen LogP contribution in [0.4, 0.5) is 0 Å². The first-order valence-corrected chi connectivity index (χ1v) is 6.96. The molecule has 1 aliphatic rings. The maximum absolute atomic E-state index is 8.97. The lowest BCUT2D eigenvalue weighted by molar-refractivity contribution is 0.153. The van der Waals surface area contributed by atoms with Crippen LogP contribution < -0.4 is 4.74 Å². The molecule has 0 saturated heterocycles. The second-order valence-corrected chi connectivity index (χ2v) is 5.18. The van der Waals surface area contributed by atoms with Crippen molar-refractivity contribution in [3.8, 4) is 11.9 Å². The summed E-state index contributed by atoms with van der Waals surface area (Å²) < 4.78 is 5.99. The third-order valence-electron chi connectivity index (χ3n) is 3.30. The molecule has 1 unspecified atom stereocenters. The summed E-state index contributed by atoms with van der Waals surface area (Å²) in [5.74, 6) is 0.441. The van der Waals surface area contributed by atoms with Gasteiger partial charge in [-0.3, -0.25) is 9.88 Å². The molecule has 106 valence electrons. The molecule has 0 bridgehead atoms. The summed E-state index contributed by atoms with van der Waals surface area (Å²) in [7, 11) is 0. The van der Waals surface area contributed by atoms with E-state index in [9.17, 15) is 0 Å². The Balaban J connectivity index is 1.97. The van der Waals surface area contributed by atoms with Crippen LogP contribution in [0.1, 0.15) is 17.4 Å². The van der Waals surface area contributed by atoms with E-state index in [1.165, 1.54) is 6.20 Å². The van der Waals surface area contributed by atoms with Crippen LogP contribution in [-0.4, -0.2) is 28.0 Å². The van der Waals surface area contributed by atoms with Gasteiger partial charge in [0.1, 0.15) is 11.8 Å². The Morgan fingerprint density at radius 2 is 2.19 bits per heavy atom. The van der Waals surface area contributed by atoms with E-state index in [-0.39, 0.29) is 6.10 Å². The Kier molecular flexibility index (Phi) is 4.00. The van der Waals surface area contributed by atoms with Crippen molar-refractivity contribution in [2.75, 3.05) is 13.1 Å². The Morgan fingerprint density at radius 1 is 1.38 bits per heavy atom. The summed E-state index contributed by atoms with van der Waals surface area (Å²) in [6.45, 7) is 1.44. The smallest absolute Gasteiger partial charge is 0.239 e. The Bertz CT molecular complexity index is 671. The summed E-state index contributed by atoms with van der Waals surface area (Å²) in [5, 5.41) is 9.27. The molecule has 2 heterocycles. The minimum atomic E-state index is -0.200. The summed E-state index contributed by atoms with van der Waals surface area (Å²) in [5.41, 5.74) is 1.74. The molecule has 6 heteroatoms. The van der Waals surface area contributed by atoms with Gasteiger partial charge in [-0.1, -0.05) is 41.9 Å². The first kappa shape index (κ1) is 13.8. The molecule has 0 spiro atoms. The number of ether oxygens (including phenoxy) is 1. The quantitative estimate of drug-likeness (QED) is 0.798. The fourth-order valence-corrected chi connectivity index (χ4v) is 2.45. The van der Waals surface area contributed by atoms with Crippen molar-refractivity contribution in [1.82, 2.24) is 14.9 Å². The third kappa shape index (κ3) is 3.13. The van der Waals surface area contributed by atoms with Gasteiger partial charge in [0, 0.05) is 13.1 Å². The minimum absolute atomic E-state index is 0.200. The van der Waals surface area contributed by atoms with Crippen LogP contribution >= 0.6 is 11.6 Å². The fourth-order valence-electron chi connectivity index (χ4n) is 2.32. The SMILES string of the molecule is N#CCN1Cc2ncc(Cl)nc2OC(c2ccccc2)C1. The molecule has 1 atom stereocenters. The van der Waals surface area contributed by atoms with E-state index in [1.807, 2.05) is 35.2 Å². The predicted octanol–water partition coefficient (Wildman–Crippen LogP) is 2.59. The normalized spacial score (nSPS) is 18.2. The van der Waals surface area contributed by atoms with Crippen molar-refractivity contribution in [3.63, 3.8) is 0 Å². The Labute approximate surface area is 127 Å². The first-order chi connectivity index (χ1) is 10.3. The van der Waals surface area contributed by atoms with Crippen LogP contribution in [0, 0.1) is 11.3 Å². The molecule has 21 heavy (non-hydrogen) atoms. The largest absolute Gasteiger partial charge is 0.467 e. The number of nitrogens with zero attached hydrogens (tertiary/aromatic N) is 4. The van der Waals surface area contributed by atoms with E-state index in [0.29, 0.717) is 36.4 Å². The summed E-state index contributed by atoms with van der Waals surface area (Å²) in [6, 6.07) is 12.1. The van der Waals surface area contributed by atoms with E-state index < -0.39 is 0 Å². The predicted molar refractivity (Wildman–Crippen MR) is 77.7 cm³/mol. The first-order valence-electron chi connectivity index (χ1n) is 6.58. The molecule has 0 N–H and O–H groups in total. The maximum atomic E-state index is 8.97. The van der Waals surface area contributed by atoms with Crippen molar-refractivity contribution in [1.29, 1.82) is 5.26 Å². The van der Waals surface area contributed by atoms with Crippen molar-refractivity contribution in [2.45, 2.75) is 12.6 Å². The van der Waals surface area contributed by atoms with E-state index in [2.05, 4.69) is 16.0 Å². The average Bonchev–Trinajstić information content (AvgIpc) is 2.67. The molecule has 0 amide bonds. The van der Waals surface area contributed by atoms with Gasteiger partial charge < -0.3 is 4.74 Å². The molecule has 3 rings (SSSR count). The van der Waals surface area contributed by atoms with Gasteiger partial charge in [-0.25, -0.2) is 0 Å². The Morgan fingerprint density at radius 3 is 2.95 bits per heavy atom.